The third-order valence-electron chi connectivity index (χ3n) is 7.10. The van der Waals surface area contributed by atoms with Gasteiger partial charge in [0.25, 0.3) is 0 Å². The molecule has 4 heteroatoms. The molecule has 5 aromatic carbocycles. The van der Waals surface area contributed by atoms with E-state index in [4.69, 9.17) is 0 Å². The van der Waals surface area contributed by atoms with Crippen LogP contribution in [0, 0.1) is 5.82 Å². The number of rotatable bonds is 8. The first-order valence-corrected chi connectivity index (χ1v) is 12.5. The molecule has 0 saturated carbocycles. The molecule has 5 aromatic rings. The number of oxime groups is 1. The molecule has 0 aromatic heterocycles. The van der Waals surface area contributed by atoms with Crippen LogP contribution in [0.5, 0.6) is 0 Å². The lowest BCUT2D eigenvalue weighted by Crippen LogP contribution is -2.34. The molecule has 0 bridgehead atoms. The Labute approximate surface area is 222 Å². The Morgan fingerprint density at radius 1 is 0.658 bits per heavy atom. The molecule has 3 nitrogen and oxygen atoms in total. The van der Waals surface area contributed by atoms with Crippen molar-refractivity contribution in [3.63, 3.8) is 0 Å². The predicted molar refractivity (Wildman–Crippen MR) is 149 cm³/mol. The second-order valence-corrected chi connectivity index (χ2v) is 9.22. The molecule has 0 heterocycles. The quantitative estimate of drug-likeness (QED) is 0.103. The Morgan fingerprint density at radius 3 is 1.61 bits per heavy atom. The summed E-state index contributed by atoms with van der Waals surface area (Å²) in [4.78, 5) is 0. The zero-order chi connectivity index (χ0) is 26.4. The number of hydrogen-bond donors (Lipinski definition) is 2. The molecular formula is C34H28FNO2. The molecule has 38 heavy (non-hydrogen) atoms. The van der Waals surface area contributed by atoms with Crippen LogP contribution in [0.25, 0.3) is 0 Å². The third-order valence-corrected chi connectivity index (χ3v) is 7.10. The third kappa shape index (κ3) is 4.62. The maximum Gasteiger partial charge on any atom is 0.123 e. The van der Waals surface area contributed by atoms with E-state index in [-0.39, 0.29) is 12.4 Å². The Balaban J connectivity index is 1.91. The smallest absolute Gasteiger partial charge is 0.123 e. The SMILES string of the molecule is OCc1c(Cc2ccc(F)cc2)ccc(C=NO)c1C(c1ccccc1)(c1ccccc1)c1ccccc1. The zero-order valence-electron chi connectivity index (χ0n) is 20.8. The van der Waals surface area contributed by atoms with Gasteiger partial charge >= 0.3 is 0 Å². The van der Waals surface area contributed by atoms with Crippen LogP contribution in [0.3, 0.4) is 0 Å². The first-order valence-electron chi connectivity index (χ1n) is 12.5. The Hall–Kier alpha value is -4.54. The van der Waals surface area contributed by atoms with E-state index in [2.05, 4.69) is 41.6 Å². The van der Waals surface area contributed by atoms with Gasteiger partial charge in [-0.3, -0.25) is 0 Å². The van der Waals surface area contributed by atoms with Gasteiger partial charge in [0.15, 0.2) is 0 Å². The van der Waals surface area contributed by atoms with E-state index in [0.29, 0.717) is 12.0 Å². The molecule has 5 rings (SSSR count). The summed E-state index contributed by atoms with van der Waals surface area (Å²) in [5, 5.41) is 24.0. The van der Waals surface area contributed by atoms with Crippen molar-refractivity contribution in [1.29, 1.82) is 0 Å². The number of aliphatic hydroxyl groups excluding tert-OH is 1. The molecule has 0 fully saturated rings. The molecule has 0 radical (unpaired) electrons. The van der Waals surface area contributed by atoms with Crippen molar-refractivity contribution in [3.05, 3.63) is 178 Å². The lowest BCUT2D eigenvalue weighted by Gasteiger charge is -2.39. The number of halogens is 1. The van der Waals surface area contributed by atoms with E-state index < -0.39 is 5.41 Å². The lowest BCUT2D eigenvalue weighted by atomic mass is 9.62. The van der Waals surface area contributed by atoms with Crippen molar-refractivity contribution in [2.45, 2.75) is 18.4 Å². The minimum Gasteiger partial charge on any atom is -0.411 e. The molecule has 188 valence electrons. The van der Waals surface area contributed by atoms with Crippen molar-refractivity contribution >= 4 is 6.21 Å². The molecular weight excluding hydrogens is 473 g/mol. The van der Waals surface area contributed by atoms with E-state index in [9.17, 15) is 14.7 Å². The number of benzene rings is 5. The minimum absolute atomic E-state index is 0.229. The van der Waals surface area contributed by atoms with Gasteiger partial charge in [0.05, 0.1) is 18.2 Å². The summed E-state index contributed by atoms with van der Waals surface area (Å²) in [5.74, 6) is -0.289. The van der Waals surface area contributed by atoms with Crippen LogP contribution in [0.4, 0.5) is 4.39 Å². The molecule has 0 saturated heterocycles. The predicted octanol–water partition coefficient (Wildman–Crippen LogP) is 7.10. The van der Waals surface area contributed by atoms with Gasteiger partial charge in [-0.1, -0.05) is 120 Å². The lowest BCUT2D eigenvalue weighted by molar-refractivity contribution is 0.278. The molecule has 2 N–H and O–H groups in total. The highest BCUT2D eigenvalue weighted by Gasteiger charge is 2.41. The topological polar surface area (TPSA) is 52.8 Å². The van der Waals surface area contributed by atoms with Gasteiger partial charge in [0.2, 0.25) is 0 Å². The van der Waals surface area contributed by atoms with E-state index in [0.717, 1.165) is 38.9 Å². The van der Waals surface area contributed by atoms with E-state index in [1.807, 2.05) is 66.7 Å². The van der Waals surface area contributed by atoms with Crippen molar-refractivity contribution in [3.8, 4) is 0 Å². The number of aliphatic hydroxyl groups is 1. The summed E-state index contributed by atoms with van der Waals surface area (Å²) in [5.41, 5.74) is 6.31. The van der Waals surface area contributed by atoms with Gasteiger partial charge in [-0.25, -0.2) is 4.39 Å². The first kappa shape index (κ1) is 25.1. The second kappa shape index (κ2) is 11.2. The first-order chi connectivity index (χ1) is 18.7. The van der Waals surface area contributed by atoms with Gasteiger partial charge < -0.3 is 10.3 Å². The van der Waals surface area contributed by atoms with Crippen molar-refractivity contribution in [1.82, 2.24) is 0 Å². The summed E-state index contributed by atoms with van der Waals surface area (Å²) in [6.45, 7) is -0.229. The molecule has 0 aliphatic rings. The Bertz CT molecular complexity index is 1420. The molecule has 0 aliphatic heterocycles. The highest BCUT2D eigenvalue weighted by molar-refractivity contribution is 5.85. The number of hydrogen-bond acceptors (Lipinski definition) is 3. The van der Waals surface area contributed by atoms with Crippen LogP contribution in [0.15, 0.2) is 133 Å². The maximum absolute atomic E-state index is 13.6. The van der Waals surface area contributed by atoms with Crippen molar-refractivity contribution in [2.75, 3.05) is 0 Å². The normalized spacial score (nSPS) is 11.6. The monoisotopic (exact) mass is 501 g/mol. The van der Waals surface area contributed by atoms with Crippen LogP contribution >= 0.6 is 0 Å². The van der Waals surface area contributed by atoms with Crippen LogP contribution in [-0.2, 0) is 18.4 Å². The standard InChI is InChI=1S/C34H28FNO2/c35-31-20-16-25(17-21-31)22-26-18-19-27(23-36-38)33(32(26)24-37)34(28-10-4-1-5-11-28,29-12-6-2-7-13-29)30-14-8-3-9-15-30/h1-21,23,37-38H,22,24H2. The summed E-state index contributed by atoms with van der Waals surface area (Å²) in [7, 11) is 0. The average molecular weight is 502 g/mol. The highest BCUT2D eigenvalue weighted by Crippen LogP contribution is 2.48. The fraction of sp³-hybridized carbons (Fsp3) is 0.0882. The summed E-state index contributed by atoms with van der Waals surface area (Å²) in [6.07, 6.45) is 1.94. The molecule has 0 spiro atoms. The van der Waals surface area contributed by atoms with Gasteiger partial charge in [-0.2, -0.15) is 0 Å². The molecule has 0 unspecified atom stereocenters. The van der Waals surface area contributed by atoms with Crippen LogP contribution in [0.1, 0.15) is 44.5 Å². The zero-order valence-corrected chi connectivity index (χ0v) is 20.8. The molecule has 0 aliphatic carbocycles. The Morgan fingerprint density at radius 2 is 1.16 bits per heavy atom. The Kier molecular flexibility index (Phi) is 7.43. The average Bonchev–Trinajstić information content (AvgIpc) is 2.98. The minimum atomic E-state index is -0.836. The van der Waals surface area contributed by atoms with Gasteiger partial charge in [0.1, 0.15) is 5.82 Å². The van der Waals surface area contributed by atoms with Crippen LogP contribution in [0.2, 0.25) is 0 Å². The van der Waals surface area contributed by atoms with E-state index in [1.165, 1.54) is 18.3 Å². The molecule has 0 atom stereocenters. The summed E-state index contributed by atoms with van der Waals surface area (Å²) >= 11 is 0. The molecule has 0 amide bonds. The maximum atomic E-state index is 13.6. The van der Waals surface area contributed by atoms with E-state index >= 15 is 0 Å². The van der Waals surface area contributed by atoms with Gasteiger partial charge in [-0.15, -0.1) is 0 Å². The van der Waals surface area contributed by atoms with Crippen LogP contribution < -0.4 is 0 Å². The fourth-order valence-corrected chi connectivity index (χ4v) is 5.49. The van der Waals surface area contributed by atoms with Crippen molar-refractivity contribution in [2.24, 2.45) is 5.16 Å². The van der Waals surface area contributed by atoms with E-state index in [1.54, 1.807) is 12.1 Å². The van der Waals surface area contributed by atoms with Gasteiger partial charge in [-0.05, 0) is 57.5 Å². The summed E-state index contributed by atoms with van der Waals surface area (Å²) in [6, 6.07) is 40.9. The van der Waals surface area contributed by atoms with Crippen LogP contribution in [-0.4, -0.2) is 16.5 Å². The second-order valence-electron chi connectivity index (χ2n) is 9.22. The fourth-order valence-electron chi connectivity index (χ4n) is 5.49. The van der Waals surface area contributed by atoms with Crippen molar-refractivity contribution < 1.29 is 14.7 Å². The summed E-state index contributed by atoms with van der Waals surface area (Å²) < 4.78 is 13.6. The van der Waals surface area contributed by atoms with Gasteiger partial charge in [0, 0.05) is 5.56 Å². The highest BCUT2D eigenvalue weighted by atomic mass is 19.1. The number of nitrogens with zero attached hydrogens (tertiary/aromatic N) is 1. The largest absolute Gasteiger partial charge is 0.411 e.